The molecule has 9 heavy (non-hydrogen) atoms. The van der Waals surface area contributed by atoms with Crippen molar-refractivity contribution in [3.05, 3.63) is 24.3 Å². The molecule has 3 heteroatoms. The van der Waals surface area contributed by atoms with E-state index in [0.29, 0.717) is 5.69 Å². The van der Waals surface area contributed by atoms with Crippen LogP contribution in [0.1, 0.15) is 0 Å². The number of anilines is 1. The minimum atomic E-state index is -0.318. The van der Waals surface area contributed by atoms with Crippen molar-refractivity contribution < 1.29 is 4.39 Å². The Bertz CT molecular complexity index is 200. The topological polar surface area (TPSA) is 24.9 Å². The van der Waals surface area contributed by atoms with E-state index in [4.69, 9.17) is 0 Å². The van der Waals surface area contributed by atoms with Gasteiger partial charge < -0.3 is 5.32 Å². The third-order valence-corrected chi connectivity index (χ3v) is 0.994. The van der Waals surface area contributed by atoms with E-state index in [0.717, 1.165) is 0 Å². The van der Waals surface area contributed by atoms with Crippen LogP contribution in [0.3, 0.4) is 0 Å². The first-order valence-corrected chi connectivity index (χ1v) is 2.61. The van der Waals surface area contributed by atoms with Gasteiger partial charge in [0.1, 0.15) is 5.82 Å². The molecular weight excluding hydrogens is 119 g/mol. The Labute approximate surface area is 52.7 Å². The van der Waals surface area contributed by atoms with Crippen molar-refractivity contribution in [2.45, 2.75) is 0 Å². The molecule has 0 atom stereocenters. The van der Waals surface area contributed by atoms with Gasteiger partial charge >= 0.3 is 0 Å². The molecule has 0 fully saturated rings. The summed E-state index contributed by atoms with van der Waals surface area (Å²) in [6, 6.07) is 1.38. The average molecular weight is 126 g/mol. The fourth-order valence-corrected chi connectivity index (χ4v) is 0.549. The molecule has 0 amide bonds. The maximum absolute atomic E-state index is 12.3. The van der Waals surface area contributed by atoms with E-state index in [2.05, 4.69) is 10.3 Å². The Kier molecular flexibility index (Phi) is 1.63. The minimum absolute atomic E-state index is 0.318. The third kappa shape index (κ3) is 1.38. The molecule has 0 aliphatic heterocycles. The van der Waals surface area contributed by atoms with Crippen LogP contribution in [0.5, 0.6) is 0 Å². The van der Waals surface area contributed by atoms with Gasteiger partial charge in [0.2, 0.25) is 0 Å². The van der Waals surface area contributed by atoms with Crippen LogP contribution in [0.15, 0.2) is 18.5 Å². The zero-order valence-corrected chi connectivity index (χ0v) is 5.06. The van der Waals surface area contributed by atoms with Crippen LogP contribution in [0, 0.1) is 5.82 Å². The first-order chi connectivity index (χ1) is 4.33. The molecule has 0 bridgehead atoms. The van der Waals surface area contributed by atoms with Crippen molar-refractivity contribution in [1.82, 2.24) is 4.98 Å². The van der Waals surface area contributed by atoms with Gasteiger partial charge in [-0.2, -0.15) is 0 Å². The second-order valence-corrected chi connectivity index (χ2v) is 1.64. The lowest BCUT2D eigenvalue weighted by Gasteiger charge is -1.95. The van der Waals surface area contributed by atoms with Crippen molar-refractivity contribution in [2.24, 2.45) is 0 Å². The number of hydrogen-bond donors (Lipinski definition) is 1. The fraction of sp³-hybridized carbons (Fsp3) is 0.167. The molecule has 2 nitrogen and oxygen atoms in total. The highest BCUT2D eigenvalue weighted by molar-refractivity contribution is 5.38. The Balaban J connectivity index is 2.94. The molecule has 0 aliphatic carbocycles. The lowest BCUT2D eigenvalue weighted by Crippen LogP contribution is -1.89. The average Bonchev–Trinajstić information content (AvgIpc) is 1.88. The number of hydrogen-bond acceptors (Lipinski definition) is 2. The molecule has 0 aromatic carbocycles. The summed E-state index contributed by atoms with van der Waals surface area (Å²) < 4.78 is 12.3. The zero-order chi connectivity index (χ0) is 6.69. The summed E-state index contributed by atoms with van der Waals surface area (Å²) in [5.74, 6) is -0.318. The first kappa shape index (κ1) is 6.01. The molecule has 0 unspecified atom stereocenters. The number of nitrogens with one attached hydrogen (secondary N) is 1. The van der Waals surface area contributed by atoms with Crippen molar-refractivity contribution in [3.8, 4) is 0 Å². The number of halogens is 1. The monoisotopic (exact) mass is 126 g/mol. The molecule has 1 heterocycles. The molecule has 0 saturated heterocycles. The fourth-order valence-electron chi connectivity index (χ4n) is 0.549. The van der Waals surface area contributed by atoms with Gasteiger partial charge in [0.05, 0.1) is 18.1 Å². The van der Waals surface area contributed by atoms with Crippen LogP contribution in [-0.4, -0.2) is 12.0 Å². The second kappa shape index (κ2) is 2.44. The molecule has 0 radical (unpaired) electrons. The van der Waals surface area contributed by atoms with Gasteiger partial charge in [-0.05, 0) is 0 Å². The molecule has 1 rings (SSSR count). The minimum Gasteiger partial charge on any atom is -0.387 e. The van der Waals surface area contributed by atoms with E-state index in [9.17, 15) is 4.39 Å². The van der Waals surface area contributed by atoms with Crippen LogP contribution in [0.25, 0.3) is 0 Å². The Morgan fingerprint density at radius 2 is 2.33 bits per heavy atom. The van der Waals surface area contributed by atoms with Crippen molar-refractivity contribution in [2.75, 3.05) is 12.4 Å². The predicted octanol–water partition coefficient (Wildman–Crippen LogP) is 1.26. The SMILES string of the molecule is CNc1cncc(F)c1. The van der Waals surface area contributed by atoms with Gasteiger partial charge in [-0.25, -0.2) is 4.39 Å². The molecule has 0 spiro atoms. The van der Waals surface area contributed by atoms with Gasteiger partial charge in [-0.3, -0.25) is 4.98 Å². The van der Waals surface area contributed by atoms with E-state index in [1.54, 1.807) is 13.2 Å². The molecule has 48 valence electrons. The summed E-state index contributed by atoms with van der Waals surface area (Å²) in [6.45, 7) is 0. The van der Waals surface area contributed by atoms with Crippen molar-refractivity contribution in [1.29, 1.82) is 0 Å². The van der Waals surface area contributed by atoms with Gasteiger partial charge in [-0.15, -0.1) is 0 Å². The number of pyridine rings is 1. The molecular formula is C6H7FN2. The highest BCUT2D eigenvalue weighted by atomic mass is 19.1. The van der Waals surface area contributed by atoms with Crippen LogP contribution >= 0.6 is 0 Å². The van der Waals surface area contributed by atoms with Gasteiger partial charge in [0.15, 0.2) is 0 Å². The smallest absolute Gasteiger partial charge is 0.143 e. The van der Waals surface area contributed by atoms with Gasteiger partial charge in [0.25, 0.3) is 0 Å². The number of rotatable bonds is 1. The van der Waals surface area contributed by atoms with E-state index in [-0.39, 0.29) is 5.82 Å². The summed E-state index contributed by atoms with van der Waals surface area (Å²) in [5, 5.41) is 2.77. The maximum Gasteiger partial charge on any atom is 0.143 e. The summed E-state index contributed by atoms with van der Waals surface area (Å²) in [4.78, 5) is 3.62. The standard InChI is InChI=1S/C6H7FN2/c1-8-6-2-5(7)3-9-4-6/h2-4,8H,1H3. The first-order valence-electron chi connectivity index (χ1n) is 2.61. The Morgan fingerprint density at radius 3 is 2.78 bits per heavy atom. The predicted molar refractivity (Wildman–Crippen MR) is 33.7 cm³/mol. The molecule has 1 aromatic heterocycles. The summed E-state index contributed by atoms with van der Waals surface area (Å²) in [5.41, 5.74) is 0.690. The van der Waals surface area contributed by atoms with E-state index in [1.807, 2.05) is 0 Å². The highest BCUT2D eigenvalue weighted by Crippen LogP contribution is 2.03. The summed E-state index contributed by atoms with van der Waals surface area (Å²) in [7, 11) is 1.72. The highest BCUT2D eigenvalue weighted by Gasteiger charge is 1.89. The molecule has 0 aliphatic rings. The second-order valence-electron chi connectivity index (χ2n) is 1.64. The van der Waals surface area contributed by atoms with Crippen LogP contribution in [-0.2, 0) is 0 Å². The number of aromatic nitrogens is 1. The molecule has 0 saturated carbocycles. The maximum atomic E-state index is 12.3. The number of nitrogens with zero attached hydrogens (tertiary/aromatic N) is 1. The quantitative estimate of drug-likeness (QED) is 0.612. The molecule has 1 N–H and O–H groups in total. The van der Waals surface area contributed by atoms with Gasteiger partial charge in [0, 0.05) is 13.1 Å². The zero-order valence-electron chi connectivity index (χ0n) is 5.06. The van der Waals surface area contributed by atoms with Crippen molar-refractivity contribution in [3.63, 3.8) is 0 Å². The third-order valence-electron chi connectivity index (χ3n) is 0.994. The van der Waals surface area contributed by atoms with Crippen LogP contribution in [0.2, 0.25) is 0 Å². The Hall–Kier alpha value is -1.12. The lowest BCUT2D eigenvalue weighted by atomic mass is 10.4. The van der Waals surface area contributed by atoms with E-state index in [1.165, 1.54) is 12.3 Å². The van der Waals surface area contributed by atoms with Crippen molar-refractivity contribution >= 4 is 5.69 Å². The Morgan fingerprint density at radius 1 is 1.56 bits per heavy atom. The largest absolute Gasteiger partial charge is 0.387 e. The molecule has 1 aromatic rings. The summed E-state index contributed by atoms with van der Waals surface area (Å²) >= 11 is 0. The van der Waals surface area contributed by atoms with Gasteiger partial charge in [-0.1, -0.05) is 0 Å². The van der Waals surface area contributed by atoms with E-state index < -0.39 is 0 Å². The lowest BCUT2D eigenvalue weighted by molar-refractivity contribution is 0.622. The van der Waals surface area contributed by atoms with E-state index >= 15 is 0 Å². The van der Waals surface area contributed by atoms with Crippen LogP contribution < -0.4 is 5.32 Å². The summed E-state index contributed by atoms with van der Waals surface area (Å²) in [6.07, 6.45) is 2.73. The normalized spacial score (nSPS) is 9.11. The van der Waals surface area contributed by atoms with Crippen LogP contribution in [0.4, 0.5) is 10.1 Å².